The molecule has 5 heteroatoms. The predicted molar refractivity (Wildman–Crippen MR) is 81.5 cm³/mol. The lowest BCUT2D eigenvalue weighted by Crippen LogP contribution is -2.40. The molecule has 1 rings (SSSR count). The second kappa shape index (κ2) is 8.29. The molecule has 2 atom stereocenters. The van der Waals surface area contributed by atoms with E-state index in [9.17, 15) is 9.59 Å². The largest absolute Gasteiger partial charge is 0.497 e. The highest BCUT2D eigenvalue weighted by atomic mass is 16.5. The number of ether oxygens (including phenoxy) is 2. The Morgan fingerprint density at radius 2 is 1.81 bits per heavy atom. The van der Waals surface area contributed by atoms with Crippen LogP contribution in [0.4, 0.5) is 5.69 Å². The summed E-state index contributed by atoms with van der Waals surface area (Å²) >= 11 is 0. The van der Waals surface area contributed by atoms with Gasteiger partial charge < -0.3 is 14.8 Å². The van der Waals surface area contributed by atoms with Crippen molar-refractivity contribution < 1.29 is 19.1 Å². The van der Waals surface area contributed by atoms with Crippen LogP contribution in [0.25, 0.3) is 0 Å². The molecule has 0 aromatic heterocycles. The Morgan fingerprint density at radius 3 is 2.29 bits per heavy atom. The Hall–Kier alpha value is -2.04. The molecule has 0 fully saturated rings. The Balaban J connectivity index is 2.89. The molecule has 116 valence electrons. The van der Waals surface area contributed by atoms with Gasteiger partial charge in [-0.25, -0.2) is 4.79 Å². The monoisotopic (exact) mass is 293 g/mol. The van der Waals surface area contributed by atoms with E-state index in [4.69, 9.17) is 9.47 Å². The van der Waals surface area contributed by atoms with Crippen LogP contribution in [0.15, 0.2) is 24.3 Å². The SMILES string of the molecule is CCOC(=O)[C@@H](Nc1ccc(OC)cc1)[C@@H](C)C(=O)CC. The highest BCUT2D eigenvalue weighted by Crippen LogP contribution is 2.19. The fraction of sp³-hybridized carbons (Fsp3) is 0.500. The molecule has 0 amide bonds. The number of methoxy groups -OCH3 is 1. The average Bonchev–Trinajstić information content (AvgIpc) is 2.51. The topological polar surface area (TPSA) is 64.6 Å². The third kappa shape index (κ3) is 4.77. The summed E-state index contributed by atoms with van der Waals surface area (Å²) in [6.45, 7) is 5.56. The van der Waals surface area contributed by atoms with Gasteiger partial charge >= 0.3 is 5.97 Å². The standard InChI is InChI=1S/C16H23NO4/c1-5-14(18)11(3)15(16(19)21-6-2)17-12-7-9-13(20-4)10-8-12/h7-11,15,17H,5-6H2,1-4H3/t11-,15-/m0/s1. The van der Waals surface area contributed by atoms with Gasteiger partial charge in [0, 0.05) is 18.0 Å². The minimum Gasteiger partial charge on any atom is -0.497 e. The van der Waals surface area contributed by atoms with Crippen LogP contribution in [0.2, 0.25) is 0 Å². The molecule has 0 aliphatic carbocycles. The lowest BCUT2D eigenvalue weighted by Gasteiger charge is -2.23. The number of carbonyl (C=O) groups excluding carboxylic acids is 2. The maximum Gasteiger partial charge on any atom is 0.329 e. The molecular weight excluding hydrogens is 270 g/mol. The van der Waals surface area contributed by atoms with E-state index in [1.807, 2.05) is 0 Å². The molecule has 0 aliphatic rings. The molecule has 0 bridgehead atoms. The van der Waals surface area contributed by atoms with Crippen LogP contribution in [0.3, 0.4) is 0 Å². The van der Waals surface area contributed by atoms with Crippen molar-refractivity contribution in [3.05, 3.63) is 24.3 Å². The van der Waals surface area contributed by atoms with Gasteiger partial charge in [0.1, 0.15) is 17.6 Å². The summed E-state index contributed by atoms with van der Waals surface area (Å²) in [5.41, 5.74) is 0.740. The molecule has 0 saturated carbocycles. The molecule has 0 heterocycles. The zero-order valence-electron chi connectivity index (χ0n) is 13.0. The average molecular weight is 293 g/mol. The van der Waals surface area contributed by atoms with Crippen LogP contribution < -0.4 is 10.1 Å². The van der Waals surface area contributed by atoms with Crippen molar-refractivity contribution >= 4 is 17.4 Å². The Bertz CT molecular complexity index is 470. The van der Waals surface area contributed by atoms with E-state index in [0.717, 1.165) is 11.4 Å². The molecule has 0 unspecified atom stereocenters. The summed E-state index contributed by atoms with van der Waals surface area (Å²) in [4.78, 5) is 24.0. The summed E-state index contributed by atoms with van der Waals surface area (Å²) < 4.78 is 10.1. The predicted octanol–water partition coefficient (Wildman–Crippen LogP) is 2.65. The number of benzene rings is 1. The third-order valence-electron chi connectivity index (χ3n) is 3.31. The molecule has 0 radical (unpaired) electrons. The summed E-state index contributed by atoms with van der Waals surface area (Å²) in [6, 6.07) is 6.49. The smallest absolute Gasteiger partial charge is 0.329 e. The zero-order valence-corrected chi connectivity index (χ0v) is 13.0. The van der Waals surface area contributed by atoms with Gasteiger partial charge in [0.25, 0.3) is 0 Å². The maximum atomic E-state index is 12.1. The van der Waals surface area contributed by atoms with Gasteiger partial charge in [-0.2, -0.15) is 0 Å². The second-order valence-corrected chi connectivity index (χ2v) is 4.71. The van der Waals surface area contributed by atoms with Gasteiger partial charge in [-0.05, 0) is 31.2 Å². The number of Topliss-reactive ketones (excluding diaryl/α,β-unsaturated/α-hetero) is 1. The Morgan fingerprint density at radius 1 is 1.19 bits per heavy atom. The first-order valence-corrected chi connectivity index (χ1v) is 7.13. The van der Waals surface area contributed by atoms with E-state index in [1.165, 1.54) is 0 Å². The first kappa shape index (κ1) is 17.0. The first-order chi connectivity index (χ1) is 10.0. The van der Waals surface area contributed by atoms with Gasteiger partial charge in [0.15, 0.2) is 0 Å². The highest BCUT2D eigenvalue weighted by Gasteiger charge is 2.30. The van der Waals surface area contributed by atoms with Crippen LogP contribution >= 0.6 is 0 Å². The summed E-state index contributed by atoms with van der Waals surface area (Å²) in [5, 5.41) is 3.08. The molecule has 1 N–H and O–H groups in total. The molecule has 0 spiro atoms. The lowest BCUT2D eigenvalue weighted by atomic mass is 9.95. The van der Waals surface area contributed by atoms with E-state index in [2.05, 4.69) is 5.32 Å². The zero-order chi connectivity index (χ0) is 15.8. The summed E-state index contributed by atoms with van der Waals surface area (Å²) in [5.74, 6) is -0.112. The van der Waals surface area contributed by atoms with Crippen molar-refractivity contribution in [1.29, 1.82) is 0 Å². The number of carbonyl (C=O) groups is 2. The van der Waals surface area contributed by atoms with Crippen LogP contribution in [0, 0.1) is 5.92 Å². The van der Waals surface area contributed by atoms with Gasteiger partial charge in [0.2, 0.25) is 0 Å². The van der Waals surface area contributed by atoms with Crippen LogP contribution in [0.1, 0.15) is 27.2 Å². The number of anilines is 1. The quantitative estimate of drug-likeness (QED) is 0.746. The number of ketones is 1. The van der Waals surface area contributed by atoms with Gasteiger partial charge in [-0.15, -0.1) is 0 Å². The fourth-order valence-corrected chi connectivity index (χ4v) is 1.99. The number of hydrogen-bond acceptors (Lipinski definition) is 5. The van der Waals surface area contributed by atoms with Crippen LogP contribution in [0.5, 0.6) is 5.75 Å². The van der Waals surface area contributed by atoms with Crippen molar-refractivity contribution in [2.75, 3.05) is 19.0 Å². The molecule has 21 heavy (non-hydrogen) atoms. The van der Waals surface area contributed by atoms with E-state index in [-0.39, 0.29) is 12.4 Å². The molecule has 0 saturated heterocycles. The van der Waals surface area contributed by atoms with E-state index >= 15 is 0 Å². The van der Waals surface area contributed by atoms with E-state index in [1.54, 1.807) is 52.1 Å². The summed E-state index contributed by atoms with van der Waals surface area (Å²) in [6.07, 6.45) is 0.390. The molecule has 5 nitrogen and oxygen atoms in total. The van der Waals surface area contributed by atoms with Gasteiger partial charge in [0.05, 0.1) is 13.7 Å². The normalized spacial score (nSPS) is 13.1. The lowest BCUT2D eigenvalue weighted by molar-refractivity contribution is -0.147. The third-order valence-corrected chi connectivity index (χ3v) is 3.31. The maximum absolute atomic E-state index is 12.1. The van der Waals surface area contributed by atoms with Crippen molar-refractivity contribution in [3.8, 4) is 5.75 Å². The van der Waals surface area contributed by atoms with Crippen molar-refractivity contribution in [2.45, 2.75) is 33.2 Å². The van der Waals surface area contributed by atoms with E-state index < -0.39 is 17.9 Å². The van der Waals surface area contributed by atoms with Crippen molar-refractivity contribution in [3.63, 3.8) is 0 Å². The minimum absolute atomic E-state index is 0.0223. The molecular formula is C16H23NO4. The van der Waals surface area contributed by atoms with Crippen molar-refractivity contribution in [2.24, 2.45) is 5.92 Å². The van der Waals surface area contributed by atoms with Crippen molar-refractivity contribution in [1.82, 2.24) is 0 Å². The number of hydrogen-bond donors (Lipinski definition) is 1. The molecule has 1 aromatic rings. The minimum atomic E-state index is -0.689. The molecule has 0 aliphatic heterocycles. The summed E-state index contributed by atoms with van der Waals surface area (Å²) in [7, 11) is 1.59. The highest BCUT2D eigenvalue weighted by molar-refractivity contribution is 5.90. The van der Waals surface area contributed by atoms with Crippen LogP contribution in [-0.2, 0) is 14.3 Å². The number of nitrogens with one attached hydrogen (secondary N) is 1. The van der Waals surface area contributed by atoms with E-state index in [0.29, 0.717) is 6.42 Å². The Kier molecular flexibility index (Phi) is 6.72. The first-order valence-electron chi connectivity index (χ1n) is 7.13. The number of esters is 1. The van der Waals surface area contributed by atoms with Gasteiger partial charge in [-0.3, -0.25) is 4.79 Å². The van der Waals surface area contributed by atoms with Gasteiger partial charge in [-0.1, -0.05) is 13.8 Å². The Labute approximate surface area is 125 Å². The van der Waals surface area contributed by atoms with Crippen LogP contribution in [-0.4, -0.2) is 31.5 Å². The second-order valence-electron chi connectivity index (χ2n) is 4.71. The number of rotatable bonds is 8. The molecule has 1 aromatic carbocycles. The fourth-order valence-electron chi connectivity index (χ4n) is 1.99.